The van der Waals surface area contributed by atoms with E-state index in [0.717, 1.165) is 49.3 Å². The van der Waals surface area contributed by atoms with Gasteiger partial charge in [0.15, 0.2) is 0 Å². The fourth-order valence-corrected chi connectivity index (χ4v) is 4.63. The quantitative estimate of drug-likeness (QED) is 0.437. The molecule has 1 aliphatic rings. The van der Waals surface area contributed by atoms with Crippen LogP contribution in [0, 0.1) is 5.92 Å². The molecule has 4 rings (SSSR count). The van der Waals surface area contributed by atoms with Crippen molar-refractivity contribution < 1.29 is 9.59 Å². The summed E-state index contributed by atoms with van der Waals surface area (Å²) < 4.78 is 0. The highest BCUT2D eigenvalue weighted by atomic mass is 35.5. The predicted molar refractivity (Wildman–Crippen MR) is 141 cm³/mol. The van der Waals surface area contributed by atoms with Crippen LogP contribution >= 0.6 is 11.6 Å². The van der Waals surface area contributed by atoms with Crippen LogP contribution in [0.5, 0.6) is 0 Å². The van der Waals surface area contributed by atoms with Gasteiger partial charge in [0.25, 0.3) is 5.91 Å². The SMILES string of the molecule is CC(C)(NC(=O)C1CCN(Cc2cccc(NC(=O)c3ccc(Cl)cc3)c2)CC1)c1ccccc1. The summed E-state index contributed by atoms with van der Waals surface area (Å²) in [5.41, 5.74) is 3.17. The van der Waals surface area contributed by atoms with Gasteiger partial charge in [-0.2, -0.15) is 0 Å². The van der Waals surface area contributed by atoms with Crippen LogP contribution in [0.1, 0.15) is 48.2 Å². The number of carbonyl (C=O) groups excluding carboxylic acids is 2. The molecule has 5 nitrogen and oxygen atoms in total. The summed E-state index contributed by atoms with van der Waals surface area (Å²) in [5, 5.41) is 6.80. The highest BCUT2D eigenvalue weighted by Crippen LogP contribution is 2.24. The third-order valence-electron chi connectivity index (χ3n) is 6.59. The van der Waals surface area contributed by atoms with Crippen molar-refractivity contribution >= 4 is 29.1 Å². The summed E-state index contributed by atoms with van der Waals surface area (Å²) in [6.45, 7) is 6.62. The van der Waals surface area contributed by atoms with Gasteiger partial charge in [0.1, 0.15) is 0 Å². The number of benzene rings is 3. The maximum Gasteiger partial charge on any atom is 0.255 e. The number of nitrogens with one attached hydrogen (secondary N) is 2. The molecule has 3 aromatic rings. The van der Waals surface area contributed by atoms with Crippen LogP contribution in [0.3, 0.4) is 0 Å². The molecular weight excluding hydrogens is 458 g/mol. The second kappa shape index (κ2) is 11.1. The zero-order valence-corrected chi connectivity index (χ0v) is 21.0. The van der Waals surface area contributed by atoms with Gasteiger partial charge in [0.05, 0.1) is 5.54 Å². The minimum atomic E-state index is -0.396. The van der Waals surface area contributed by atoms with Crippen molar-refractivity contribution in [2.24, 2.45) is 5.92 Å². The molecule has 2 amide bonds. The molecule has 3 aromatic carbocycles. The first-order valence-corrected chi connectivity index (χ1v) is 12.4. The van der Waals surface area contributed by atoms with Crippen LogP contribution in [0.25, 0.3) is 0 Å². The fourth-order valence-electron chi connectivity index (χ4n) is 4.50. The van der Waals surface area contributed by atoms with E-state index in [9.17, 15) is 9.59 Å². The molecule has 0 radical (unpaired) electrons. The van der Waals surface area contributed by atoms with E-state index in [1.807, 2.05) is 50.2 Å². The Morgan fingerprint density at radius 1 is 0.943 bits per heavy atom. The number of halogens is 1. The Balaban J connectivity index is 1.28. The first kappa shape index (κ1) is 25.0. The highest BCUT2D eigenvalue weighted by Gasteiger charge is 2.29. The molecule has 35 heavy (non-hydrogen) atoms. The Morgan fingerprint density at radius 2 is 1.63 bits per heavy atom. The standard InChI is InChI=1S/C29H32ClN3O2/c1-29(2,24-8-4-3-5-9-24)32-28(35)23-15-17-33(18-16-23)20-21-7-6-10-26(19-21)31-27(34)22-11-13-25(30)14-12-22/h3-14,19,23H,15-18,20H2,1-2H3,(H,31,34)(H,32,35). The molecule has 0 unspecified atom stereocenters. The average Bonchev–Trinajstić information content (AvgIpc) is 2.85. The van der Waals surface area contributed by atoms with Crippen molar-refractivity contribution in [1.82, 2.24) is 10.2 Å². The molecule has 2 N–H and O–H groups in total. The zero-order chi connectivity index (χ0) is 24.8. The summed E-state index contributed by atoms with van der Waals surface area (Å²) in [6.07, 6.45) is 1.67. The number of rotatable bonds is 7. The fraction of sp³-hybridized carbons (Fsp3) is 0.310. The van der Waals surface area contributed by atoms with Crippen molar-refractivity contribution in [1.29, 1.82) is 0 Å². The summed E-state index contributed by atoms with van der Waals surface area (Å²) in [6, 6.07) is 24.9. The molecular formula is C29H32ClN3O2. The van der Waals surface area contributed by atoms with Crippen molar-refractivity contribution in [3.8, 4) is 0 Å². The molecule has 182 valence electrons. The second-order valence-corrected chi connectivity index (χ2v) is 10.1. The van der Waals surface area contributed by atoms with Crippen LogP contribution in [0.4, 0.5) is 5.69 Å². The van der Waals surface area contributed by atoms with Crippen LogP contribution in [0.2, 0.25) is 5.02 Å². The van der Waals surface area contributed by atoms with E-state index in [1.54, 1.807) is 24.3 Å². The lowest BCUT2D eigenvalue weighted by Crippen LogP contribution is -2.46. The number of carbonyl (C=O) groups is 2. The molecule has 0 atom stereocenters. The maximum atomic E-state index is 13.0. The van der Waals surface area contributed by atoms with Gasteiger partial charge >= 0.3 is 0 Å². The van der Waals surface area contributed by atoms with Crippen LogP contribution in [0.15, 0.2) is 78.9 Å². The molecule has 0 bridgehead atoms. The first-order chi connectivity index (χ1) is 16.8. The summed E-state index contributed by atoms with van der Waals surface area (Å²) >= 11 is 5.91. The van der Waals surface area contributed by atoms with E-state index < -0.39 is 5.54 Å². The molecule has 1 saturated heterocycles. The maximum absolute atomic E-state index is 13.0. The Labute approximate surface area is 212 Å². The normalized spacial score (nSPS) is 14.9. The van der Waals surface area contributed by atoms with E-state index in [2.05, 4.69) is 33.7 Å². The van der Waals surface area contributed by atoms with Gasteiger partial charge in [-0.1, -0.05) is 54.1 Å². The predicted octanol–water partition coefficient (Wildman–Crippen LogP) is 5.86. The number of likely N-dealkylation sites (tertiary alicyclic amines) is 1. The lowest BCUT2D eigenvalue weighted by atomic mass is 9.90. The smallest absolute Gasteiger partial charge is 0.255 e. The van der Waals surface area contributed by atoms with Crippen molar-refractivity contribution in [2.45, 2.75) is 38.8 Å². The van der Waals surface area contributed by atoms with Gasteiger partial charge in [-0.05, 0) is 87.3 Å². The minimum absolute atomic E-state index is 0.0271. The van der Waals surface area contributed by atoms with Gasteiger partial charge < -0.3 is 10.6 Å². The summed E-state index contributed by atoms with van der Waals surface area (Å²) in [5.74, 6) is -0.00582. The monoisotopic (exact) mass is 489 g/mol. The molecule has 0 aliphatic carbocycles. The topological polar surface area (TPSA) is 61.4 Å². The van der Waals surface area contributed by atoms with Crippen LogP contribution < -0.4 is 10.6 Å². The third-order valence-corrected chi connectivity index (χ3v) is 6.84. The average molecular weight is 490 g/mol. The first-order valence-electron chi connectivity index (χ1n) is 12.1. The third kappa shape index (κ3) is 6.71. The van der Waals surface area contributed by atoms with Gasteiger partial charge in [0, 0.05) is 28.7 Å². The Kier molecular flexibility index (Phi) is 7.89. The van der Waals surface area contributed by atoms with E-state index in [1.165, 1.54) is 0 Å². The largest absolute Gasteiger partial charge is 0.347 e. The Bertz CT molecular complexity index is 1150. The second-order valence-electron chi connectivity index (χ2n) is 9.69. The molecule has 1 aliphatic heterocycles. The molecule has 1 heterocycles. The lowest BCUT2D eigenvalue weighted by Gasteiger charge is -2.34. The molecule has 6 heteroatoms. The van der Waals surface area contributed by atoms with Gasteiger partial charge in [-0.25, -0.2) is 0 Å². The summed E-state index contributed by atoms with van der Waals surface area (Å²) in [4.78, 5) is 27.8. The number of anilines is 1. The van der Waals surface area contributed by atoms with Gasteiger partial charge in [-0.15, -0.1) is 0 Å². The van der Waals surface area contributed by atoms with Crippen molar-refractivity contribution in [3.05, 3.63) is 101 Å². The minimum Gasteiger partial charge on any atom is -0.347 e. The number of amides is 2. The van der Waals surface area contributed by atoms with Crippen LogP contribution in [-0.2, 0) is 16.9 Å². The van der Waals surface area contributed by atoms with Crippen molar-refractivity contribution in [3.63, 3.8) is 0 Å². The Hall–Kier alpha value is -3.15. The van der Waals surface area contributed by atoms with Gasteiger partial charge in [0.2, 0.25) is 5.91 Å². The highest BCUT2D eigenvalue weighted by molar-refractivity contribution is 6.30. The van der Waals surface area contributed by atoms with E-state index in [0.29, 0.717) is 10.6 Å². The molecule has 0 aromatic heterocycles. The van der Waals surface area contributed by atoms with Crippen molar-refractivity contribution in [2.75, 3.05) is 18.4 Å². The molecule has 0 saturated carbocycles. The van der Waals surface area contributed by atoms with E-state index in [4.69, 9.17) is 11.6 Å². The van der Waals surface area contributed by atoms with E-state index in [-0.39, 0.29) is 17.7 Å². The Morgan fingerprint density at radius 3 is 2.31 bits per heavy atom. The lowest BCUT2D eigenvalue weighted by molar-refractivity contribution is -0.128. The van der Waals surface area contributed by atoms with Crippen LogP contribution in [-0.4, -0.2) is 29.8 Å². The zero-order valence-electron chi connectivity index (χ0n) is 20.3. The molecule has 0 spiro atoms. The number of nitrogens with zero attached hydrogens (tertiary/aromatic N) is 1. The van der Waals surface area contributed by atoms with Gasteiger partial charge in [-0.3, -0.25) is 14.5 Å². The molecule has 1 fully saturated rings. The number of hydrogen-bond acceptors (Lipinski definition) is 3. The number of hydrogen-bond donors (Lipinski definition) is 2. The van der Waals surface area contributed by atoms with E-state index >= 15 is 0 Å². The summed E-state index contributed by atoms with van der Waals surface area (Å²) in [7, 11) is 0. The number of piperidine rings is 1.